The van der Waals surface area contributed by atoms with Gasteiger partial charge >= 0.3 is 0 Å². The summed E-state index contributed by atoms with van der Waals surface area (Å²) in [6.45, 7) is 3.37. The Morgan fingerprint density at radius 1 is 1.50 bits per heavy atom. The molecule has 0 aromatic rings. The van der Waals surface area contributed by atoms with Crippen LogP contribution in [0.25, 0.3) is 0 Å². The molecule has 0 saturated carbocycles. The third kappa shape index (κ3) is 5.56. The normalized spacial score (nSPS) is 11.1. The molecule has 0 amide bonds. The summed E-state index contributed by atoms with van der Waals surface area (Å²) in [5, 5.41) is 0.760. The molecule has 8 heavy (non-hydrogen) atoms. The highest BCUT2D eigenvalue weighted by molar-refractivity contribution is 9.09. The fraction of sp³-hybridized carbons (Fsp3) is 0.200. The standard InChI is InChI=1S/C5H7BrN2/c1-2-7-5-8-4-3-6/h2,4-5H,1,3H2. The van der Waals surface area contributed by atoms with Crippen molar-refractivity contribution < 1.29 is 0 Å². The first-order valence-electron chi connectivity index (χ1n) is 2.12. The van der Waals surface area contributed by atoms with Crippen LogP contribution in [0.2, 0.25) is 0 Å². The minimum Gasteiger partial charge on any atom is -0.248 e. The topological polar surface area (TPSA) is 24.7 Å². The maximum Gasteiger partial charge on any atom is 0.114 e. The Morgan fingerprint density at radius 2 is 2.25 bits per heavy atom. The zero-order valence-electron chi connectivity index (χ0n) is 4.42. The number of rotatable bonds is 3. The highest BCUT2D eigenvalue weighted by Gasteiger charge is 1.61. The molecule has 0 aliphatic carbocycles. The number of hydrogen-bond donors (Lipinski definition) is 0. The Labute approximate surface area is 57.2 Å². The van der Waals surface area contributed by atoms with E-state index in [0.717, 1.165) is 5.33 Å². The molecule has 0 unspecified atom stereocenters. The van der Waals surface area contributed by atoms with Gasteiger partial charge in [-0.2, -0.15) is 0 Å². The lowest BCUT2D eigenvalue weighted by Gasteiger charge is -1.71. The van der Waals surface area contributed by atoms with Crippen LogP contribution in [0.15, 0.2) is 22.8 Å². The van der Waals surface area contributed by atoms with Gasteiger partial charge in [0, 0.05) is 17.7 Å². The van der Waals surface area contributed by atoms with Gasteiger partial charge in [-0.15, -0.1) is 0 Å². The molecule has 0 atom stereocenters. The van der Waals surface area contributed by atoms with Crippen LogP contribution in [0.5, 0.6) is 0 Å². The number of aliphatic imine (C=N–C) groups is 2. The highest BCUT2D eigenvalue weighted by atomic mass is 79.9. The van der Waals surface area contributed by atoms with Gasteiger partial charge in [-0.1, -0.05) is 22.5 Å². The average molecular weight is 175 g/mol. The third-order valence-corrected chi connectivity index (χ3v) is 0.703. The van der Waals surface area contributed by atoms with E-state index < -0.39 is 0 Å². The van der Waals surface area contributed by atoms with Gasteiger partial charge in [0.15, 0.2) is 0 Å². The molecule has 0 aromatic heterocycles. The van der Waals surface area contributed by atoms with Crippen molar-refractivity contribution in [3.63, 3.8) is 0 Å². The Morgan fingerprint density at radius 3 is 2.75 bits per heavy atom. The van der Waals surface area contributed by atoms with E-state index in [4.69, 9.17) is 0 Å². The summed E-state index contributed by atoms with van der Waals surface area (Å²) in [4.78, 5) is 7.37. The lowest BCUT2D eigenvalue weighted by Crippen LogP contribution is -1.71. The summed E-state index contributed by atoms with van der Waals surface area (Å²) >= 11 is 3.16. The molecule has 0 heterocycles. The Hall–Kier alpha value is -0.440. The third-order valence-electron chi connectivity index (χ3n) is 0.413. The van der Waals surface area contributed by atoms with E-state index >= 15 is 0 Å². The quantitative estimate of drug-likeness (QED) is 0.353. The maximum atomic E-state index is 3.74. The molecule has 0 N–H and O–H groups in total. The molecule has 2 nitrogen and oxygen atoms in total. The number of nitrogens with zero attached hydrogens (tertiary/aromatic N) is 2. The summed E-state index contributed by atoms with van der Waals surface area (Å²) in [6, 6.07) is 0. The van der Waals surface area contributed by atoms with Crippen molar-refractivity contribution in [1.82, 2.24) is 0 Å². The predicted octanol–water partition coefficient (Wildman–Crippen LogP) is 1.62. The maximum absolute atomic E-state index is 3.74. The molecule has 0 rings (SSSR count). The van der Waals surface area contributed by atoms with Crippen LogP contribution in [0.4, 0.5) is 0 Å². The fourth-order valence-corrected chi connectivity index (χ4v) is 0.340. The lowest BCUT2D eigenvalue weighted by molar-refractivity contribution is 1.57. The molecule has 44 valence electrons. The van der Waals surface area contributed by atoms with Gasteiger partial charge in [-0.3, -0.25) is 0 Å². The molecule has 0 aliphatic rings. The molecular weight excluding hydrogens is 168 g/mol. The van der Waals surface area contributed by atoms with Crippen molar-refractivity contribution in [2.45, 2.75) is 0 Å². The van der Waals surface area contributed by atoms with Crippen LogP contribution in [-0.4, -0.2) is 17.9 Å². The molecule has 0 fully saturated rings. The van der Waals surface area contributed by atoms with Gasteiger partial charge < -0.3 is 0 Å². The van der Waals surface area contributed by atoms with E-state index in [0.29, 0.717) is 0 Å². The van der Waals surface area contributed by atoms with Crippen molar-refractivity contribution in [1.29, 1.82) is 0 Å². The summed E-state index contributed by atoms with van der Waals surface area (Å²) < 4.78 is 0. The van der Waals surface area contributed by atoms with Crippen LogP contribution in [-0.2, 0) is 0 Å². The SMILES string of the molecule is C=CN=CN=CCBr. The van der Waals surface area contributed by atoms with Crippen molar-refractivity contribution in [3.05, 3.63) is 12.8 Å². The second kappa shape index (κ2) is 6.56. The minimum atomic E-state index is 0.760. The van der Waals surface area contributed by atoms with Gasteiger partial charge in [0.25, 0.3) is 0 Å². The van der Waals surface area contributed by atoms with E-state index in [1.807, 2.05) is 0 Å². The molecule has 3 heteroatoms. The van der Waals surface area contributed by atoms with E-state index in [1.54, 1.807) is 6.21 Å². The highest BCUT2D eigenvalue weighted by Crippen LogP contribution is 1.71. The van der Waals surface area contributed by atoms with Crippen molar-refractivity contribution >= 4 is 28.5 Å². The summed E-state index contributed by atoms with van der Waals surface area (Å²) in [5.41, 5.74) is 0. The fourth-order valence-electron chi connectivity index (χ4n) is 0.173. The average Bonchev–Trinajstić information content (AvgIpc) is 1.81. The van der Waals surface area contributed by atoms with E-state index in [2.05, 4.69) is 32.5 Å². The van der Waals surface area contributed by atoms with Crippen molar-refractivity contribution in [3.8, 4) is 0 Å². The van der Waals surface area contributed by atoms with Gasteiger partial charge in [-0.05, 0) is 0 Å². The number of hydrogen-bond acceptors (Lipinski definition) is 1. The van der Waals surface area contributed by atoms with Gasteiger partial charge in [-0.25, -0.2) is 9.98 Å². The Balaban J connectivity index is 3.26. The zero-order valence-corrected chi connectivity index (χ0v) is 6.00. The largest absolute Gasteiger partial charge is 0.248 e. The first-order valence-corrected chi connectivity index (χ1v) is 3.24. The zero-order chi connectivity index (χ0) is 6.24. The number of halogens is 1. The lowest BCUT2D eigenvalue weighted by atomic mass is 10.9. The van der Waals surface area contributed by atoms with Crippen LogP contribution < -0.4 is 0 Å². The van der Waals surface area contributed by atoms with E-state index in [-0.39, 0.29) is 0 Å². The Kier molecular flexibility index (Phi) is 6.20. The first-order chi connectivity index (χ1) is 3.91. The molecule has 0 spiro atoms. The van der Waals surface area contributed by atoms with Gasteiger partial charge in [0.05, 0.1) is 0 Å². The van der Waals surface area contributed by atoms with Gasteiger partial charge in [0.2, 0.25) is 0 Å². The molecule has 0 aromatic carbocycles. The summed E-state index contributed by atoms with van der Waals surface area (Å²) in [6.07, 6.45) is 4.58. The molecular formula is C5H7BrN2. The van der Waals surface area contributed by atoms with Crippen LogP contribution in [0.3, 0.4) is 0 Å². The van der Waals surface area contributed by atoms with E-state index in [1.165, 1.54) is 12.5 Å². The smallest absolute Gasteiger partial charge is 0.114 e. The number of alkyl halides is 1. The minimum absolute atomic E-state index is 0.760. The first kappa shape index (κ1) is 7.56. The van der Waals surface area contributed by atoms with E-state index in [9.17, 15) is 0 Å². The van der Waals surface area contributed by atoms with Crippen LogP contribution >= 0.6 is 15.9 Å². The molecule has 0 bridgehead atoms. The van der Waals surface area contributed by atoms with Gasteiger partial charge in [0.1, 0.15) is 6.34 Å². The van der Waals surface area contributed by atoms with Crippen LogP contribution in [0.1, 0.15) is 0 Å². The van der Waals surface area contributed by atoms with Crippen LogP contribution in [0, 0.1) is 0 Å². The predicted molar refractivity (Wildman–Crippen MR) is 41.0 cm³/mol. The molecule has 0 saturated heterocycles. The molecule has 0 aliphatic heterocycles. The Bertz CT molecular complexity index is 107. The molecule has 0 radical (unpaired) electrons. The van der Waals surface area contributed by atoms with Crippen molar-refractivity contribution in [2.24, 2.45) is 9.98 Å². The monoisotopic (exact) mass is 174 g/mol. The van der Waals surface area contributed by atoms with Crippen molar-refractivity contribution in [2.75, 3.05) is 5.33 Å². The second-order valence-electron chi connectivity index (χ2n) is 0.933. The summed E-state index contributed by atoms with van der Waals surface area (Å²) in [7, 11) is 0. The summed E-state index contributed by atoms with van der Waals surface area (Å²) in [5.74, 6) is 0. The second-order valence-corrected chi connectivity index (χ2v) is 1.58.